The van der Waals surface area contributed by atoms with Crippen LogP contribution in [-0.4, -0.2) is 28.0 Å². The topological polar surface area (TPSA) is 27.1 Å². The Hall–Kier alpha value is -1.34. The second-order valence-corrected chi connectivity index (χ2v) is 8.64. The molecule has 2 rings (SSSR count). The average molecular weight is 290 g/mol. The number of methoxy groups -OCH3 is 1. The van der Waals surface area contributed by atoms with Crippen molar-refractivity contribution in [2.45, 2.75) is 39.0 Å². The highest BCUT2D eigenvalue weighted by Gasteiger charge is 2.24. The summed E-state index contributed by atoms with van der Waals surface area (Å²) in [6, 6.07) is 8.10. The fourth-order valence-electron chi connectivity index (χ4n) is 2.56. The minimum absolute atomic E-state index is 0.302. The molecule has 0 aliphatic rings. The maximum Gasteiger partial charge on any atom is 0.142 e. The lowest BCUT2D eigenvalue weighted by molar-refractivity contribution is 0.413. The molecule has 1 heterocycles. The minimum atomic E-state index is -0.302. The van der Waals surface area contributed by atoms with Gasteiger partial charge in [-0.25, -0.2) is 4.98 Å². The number of aromatic nitrogens is 2. The largest absolute Gasteiger partial charge is 0.495 e. The Balaban J connectivity index is 2.52. The summed E-state index contributed by atoms with van der Waals surface area (Å²) in [4.78, 5) is 4.65. The molecule has 1 aromatic carbocycles. The van der Waals surface area contributed by atoms with Crippen LogP contribution < -0.4 is 10.3 Å². The van der Waals surface area contributed by atoms with E-state index in [1.807, 2.05) is 30.6 Å². The highest BCUT2D eigenvalue weighted by atomic mass is 31.1. The van der Waals surface area contributed by atoms with Gasteiger partial charge in [0, 0.05) is 12.4 Å². The van der Waals surface area contributed by atoms with Gasteiger partial charge in [-0.1, -0.05) is 39.8 Å². The molecule has 3 nitrogen and oxygen atoms in total. The SMILES string of the molecule is COc1ccccc1-n1ccnc1P(C(C)C)C(C)C. The molecule has 0 atom stereocenters. The molecule has 0 spiro atoms. The molecule has 0 saturated heterocycles. The van der Waals surface area contributed by atoms with E-state index in [2.05, 4.69) is 43.3 Å². The van der Waals surface area contributed by atoms with Crippen molar-refractivity contribution in [3.05, 3.63) is 36.7 Å². The van der Waals surface area contributed by atoms with Gasteiger partial charge in [0.1, 0.15) is 11.3 Å². The van der Waals surface area contributed by atoms with E-state index in [0.29, 0.717) is 11.3 Å². The fraction of sp³-hybridized carbons (Fsp3) is 0.438. The first-order chi connectivity index (χ1) is 9.56. The van der Waals surface area contributed by atoms with Crippen LogP contribution in [0.25, 0.3) is 5.69 Å². The van der Waals surface area contributed by atoms with E-state index in [1.54, 1.807) is 7.11 Å². The van der Waals surface area contributed by atoms with E-state index >= 15 is 0 Å². The van der Waals surface area contributed by atoms with E-state index in [0.717, 1.165) is 11.4 Å². The van der Waals surface area contributed by atoms with E-state index in [4.69, 9.17) is 4.74 Å². The molecule has 2 aromatic rings. The molecule has 0 fully saturated rings. The maximum absolute atomic E-state index is 5.48. The first kappa shape index (κ1) is 15.1. The van der Waals surface area contributed by atoms with Crippen molar-refractivity contribution >= 4 is 13.5 Å². The summed E-state index contributed by atoms with van der Waals surface area (Å²) in [5, 5.41) is 0. The van der Waals surface area contributed by atoms with Crippen molar-refractivity contribution < 1.29 is 4.74 Å². The summed E-state index contributed by atoms with van der Waals surface area (Å²) in [6.45, 7) is 9.14. The Bertz CT molecular complexity index is 555. The lowest BCUT2D eigenvalue weighted by Crippen LogP contribution is -2.23. The highest BCUT2D eigenvalue weighted by molar-refractivity contribution is 7.66. The molecule has 4 heteroatoms. The van der Waals surface area contributed by atoms with Crippen LogP contribution in [0.15, 0.2) is 36.7 Å². The molecule has 20 heavy (non-hydrogen) atoms. The number of para-hydroxylation sites is 2. The molecule has 0 aliphatic carbocycles. The van der Waals surface area contributed by atoms with Gasteiger partial charge in [0.05, 0.1) is 12.8 Å². The third kappa shape index (κ3) is 2.88. The van der Waals surface area contributed by atoms with Crippen LogP contribution in [0.1, 0.15) is 27.7 Å². The van der Waals surface area contributed by atoms with Gasteiger partial charge in [-0.3, -0.25) is 4.57 Å². The number of benzene rings is 1. The molecule has 0 saturated carbocycles. The van der Waals surface area contributed by atoms with Crippen molar-refractivity contribution in [1.82, 2.24) is 9.55 Å². The zero-order valence-electron chi connectivity index (χ0n) is 12.9. The monoisotopic (exact) mass is 290 g/mol. The van der Waals surface area contributed by atoms with Crippen LogP contribution in [0.5, 0.6) is 5.75 Å². The fourth-order valence-corrected chi connectivity index (χ4v) is 5.30. The molecule has 0 N–H and O–H groups in total. The standard InChI is InChI=1S/C16H23N2OP/c1-12(2)20(13(3)4)16-17-10-11-18(16)14-8-6-7-9-15(14)19-5/h6-13H,1-5H3. The quantitative estimate of drug-likeness (QED) is 0.783. The Labute approximate surface area is 122 Å². The normalized spacial score (nSPS) is 11.6. The van der Waals surface area contributed by atoms with Gasteiger partial charge >= 0.3 is 0 Å². The highest BCUT2D eigenvalue weighted by Crippen LogP contribution is 2.44. The van der Waals surface area contributed by atoms with Gasteiger partial charge in [0.25, 0.3) is 0 Å². The summed E-state index contributed by atoms with van der Waals surface area (Å²) < 4.78 is 7.67. The second-order valence-electron chi connectivity index (χ2n) is 5.36. The van der Waals surface area contributed by atoms with Gasteiger partial charge in [-0.15, -0.1) is 0 Å². The lowest BCUT2D eigenvalue weighted by atomic mass is 10.3. The predicted octanol–water partition coefficient (Wildman–Crippen LogP) is 3.80. The van der Waals surface area contributed by atoms with Crippen molar-refractivity contribution in [2.75, 3.05) is 7.11 Å². The molecule has 0 aliphatic heterocycles. The Morgan fingerprint density at radius 2 is 1.75 bits per heavy atom. The van der Waals surface area contributed by atoms with Crippen molar-refractivity contribution in [3.8, 4) is 11.4 Å². The van der Waals surface area contributed by atoms with Gasteiger partial charge in [-0.05, 0) is 31.4 Å². The summed E-state index contributed by atoms with van der Waals surface area (Å²) in [7, 11) is 1.41. The van der Waals surface area contributed by atoms with Crippen LogP contribution in [0.4, 0.5) is 0 Å². The predicted molar refractivity (Wildman–Crippen MR) is 86.9 cm³/mol. The van der Waals surface area contributed by atoms with Gasteiger partial charge in [0.2, 0.25) is 0 Å². The number of nitrogens with zero attached hydrogens (tertiary/aromatic N) is 2. The van der Waals surface area contributed by atoms with Crippen LogP contribution >= 0.6 is 7.92 Å². The molecule has 0 radical (unpaired) electrons. The van der Waals surface area contributed by atoms with Crippen LogP contribution in [0.2, 0.25) is 0 Å². The Morgan fingerprint density at radius 3 is 2.35 bits per heavy atom. The third-order valence-corrected chi connectivity index (χ3v) is 6.33. The molecule has 0 unspecified atom stereocenters. The molecular weight excluding hydrogens is 267 g/mol. The third-order valence-electron chi connectivity index (χ3n) is 3.31. The summed E-state index contributed by atoms with van der Waals surface area (Å²) in [5.74, 6) is 0.884. The molecule has 0 bridgehead atoms. The van der Waals surface area contributed by atoms with Crippen LogP contribution in [0, 0.1) is 0 Å². The number of hydrogen-bond acceptors (Lipinski definition) is 2. The van der Waals surface area contributed by atoms with Gasteiger partial charge < -0.3 is 4.74 Å². The van der Waals surface area contributed by atoms with Crippen LogP contribution in [0.3, 0.4) is 0 Å². The zero-order chi connectivity index (χ0) is 14.7. The van der Waals surface area contributed by atoms with E-state index in [9.17, 15) is 0 Å². The number of ether oxygens (including phenoxy) is 1. The summed E-state index contributed by atoms with van der Waals surface area (Å²) >= 11 is 0. The minimum Gasteiger partial charge on any atom is -0.495 e. The molecular formula is C16H23N2OP. The summed E-state index contributed by atoms with van der Waals surface area (Å²) in [6.07, 6.45) is 3.93. The van der Waals surface area contributed by atoms with E-state index in [1.165, 1.54) is 5.57 Å². The van der Waals surface area contributed by atoms with Crippen molar-refractivity contribution in [2.24, 2.45) is 0 Å². The molecule has 1 aromatic heterocycles. The lowest BCUT2D eigenvalue weighted by Gasteiger charge is -2.26. The van der Waals surface area contributed by atoms with E-state index < -0.39 is 0 Å². The maximum atomic E-state index is 5.48. The average Bonchev–Trinajstić information content (AvgIpc) is 2.86. The number of hydrogen-bond donors (Lipinski definition) is 0. The zero-order valence-corrected chi connectivity index (χ0v) is 13.8. The smallest absolute Gasteiger partial charge is 0.142 e. The molecule has 108 valence electrons. The second kappa shape index (κ2) is 6.41. The number of rotatable bonds is 5. The molecule has 0 amide bonds. The van der Waals surface area contributed by atoms with Crippen LogP contribution in [-0.2, 0) is 0 Å². The van der Waals surface area contributed by atoms with Gasteiger partial charge in [0.15, 0.2) is 0 Å². The van der Waals surface area contributed by atoms with Crippen molar-refractivity contribution in [1.29, 1.82) is 0 Å². The van der Waals surface area contributed by atoms with E-state index in [-0.39, 0.29) is 7.92 Å². The first-order valence-corrected chi connectivity index (χ1v) is 8.49. The summed E-state index contributed by atoms with van der Waals surface area (Å²) in [5.41, 5.74) is 3.47. The first-order valence-electron chi connectivity index (χ1n) is 7.01. The van der Waals surface area contributed by atoms with Gasteiger partial charge in [-0.2, -0.15) is 0 Å². The van der Waals surface area contributed by atoms with Crippen molar-refractivity contribution in [3.63, 3.8) is 0 Å². The Kier molecular flexibility index (Phi) is 4.82. The number of imidazole rings is 1. The Morgan fingerprint density at radius 1 is 1.10 bits per heavy atom.